The largest absolute Gasteiger partial charge is 0.256 e. The predicted molar refractivity (Wildman–Crippen MR) is 84.0 cm³/mol. The van der Waals surface area contributed by atoms with Crippen LogP contribution in [-0.4, -0.2) is 11.2 Å². The van der Waals surface area contributed by atoms with Gasteiger partial charge < -0.3 is 0 Å². The molecule has 0 bridgehead atoms. The number of halogens is 1. The van der Waals surface area contributed by atoms with Crippen LogP contribution < -0.4 is 0 Å². The zero-order chi connectivity index (χ0) is 13.2. The lowest BCUT2D eigenvalue weighted by molar-refractivity contribution is 1.37. The lowest BCUT2D eigenvalue weighted by Gasteiger charge is -2.09. The van der Waals surface area contributed by atoms with Crippen molar-refractivity contribution in [1.82, 2.24) is 4.98 Å². The number of benzene rings is 2. The second kappa shape index (κ2) is 5.24. The minimum Gasteiger partial charge on any atom is -0.256 e. The summed E-state index contributed by atoms with van der Waals surface area (Å²) in [4.78, 5) is 5.63. The topological polar surface area (TPSA) is 12.9 Å². The quantitative estimate of drug-likeness (QED) is 0.594. The lowest BCUT2D eigenvalue weighted by Crippen LogP contribution is -1.85. The summed E-state index contributed by atoms with van der Waals surface area (Å²) in [6.45, 7) is 0. The minimum atomic E-state index is 0.761. The molecule has 0 radical (unpaired) electrons. The smallest absolute Gasteiger partial charge is 0.0713 e. The Bertz CT molecular complexity index is 722. The van der Waals surface area contributed by atoms with Crippen molar-refractivity contribution in [3.8, 4) is 11.1 Å². The van der Waals surface area contributed by atoms with Crippen LogP contribution >= 0.6 is 23.4 Å². The van der Waals surface area contributed by atoms with Crippen molar-refractivity contribution in [3.63, 3.8) is 0 Å². The third-order valence-electron chi connectivity index (χ3n) is 3.08. The fraction of sp³-hybridized carbons (Fsp3) is 0.0625. The number of hydrogen-bond acceptors (Lipinski definition) is 2. The molecule has 1 aromatic heterocycles. The molecule has 0 aliphatic rings. The summed E-state index contributed by atoms with van der Waals surface area (Å²) < 4.78 is 0. The van der Waals surface area contributed by atoms with E-state index in [1.54, 1.807) is 11.8 Å². The number of rotatable bonds is 2. The van der Waals surface area contributed by atoms with Crippen LogP contribution in [0.4, 0.5) is 0 Å². The first kappa shape index (κ1) is 12.5. The molecule has 0 amide bonds. The fourth-order valence-corrected chi connectivity index (χ4v) is 2.88. The van der Waals surface area contributed by atoms with Crippen molar-refractivity contribution >= 4 is 34.3 Å². The maximum absolute atomic E-state index is 5.95. The number of nitrogens with zero attached hydrogens (tertiary/aromatic N) is 1. The molecule has 0 N–H and O–H groups in total. The van der Waals surface area contributed by atoms with E-state index in [1.165, 1.54) is 16.0 Å². The van der Waals surface area contributed by atoms with Gasteiger partial charge in [-0.3, -0.25) is 4.98 Å². The molecule has 3 aromatic rings. The Morgan fingerprint density at radius 3 is 2.58 bits per heavy atom. The van der Waals surface area contributed by atoms with Crippen LogP contribution in [0.25, 0.3) is 22.0 Å². The molecule has 94 valence electrons. The molecule has 0 saturated carbocycles. The van der Waals surface area contributed by atoms with E-state index in [-0.39, 0.29) is 0 Å². The first-order chi connectivity index (χ1) is 9.28. The monoisotopic (exact) mass is 285 g/mol. The van der Waals surface area contributed by atoms with Crippen LogP contribution in [0.2, 0.25) is 5.02 Å². The highest BCUT2D eigenvalue weighted by Gasteiger charge is 2.07. The summed E-state index contributed by atoms with van der Waals surface area (Å²) in [7, 11) is 0. The molecule has 1 heterocycles. The van der Waals surface area contributed by atoms with Gasteiger partial charge in [0.2, 0.25) is 0 Å². The highest BCUT2D eigenvalue weighted by Crippen LogP contribution is 2.33. The molecule has 1 nitrogen and oxygen atoms in total. The highest BCUT2D eigenvalue weighted by molar-refractivity contribution is 7.98. The van der Waals surface area contributed by atoms with Crippen molar-refractivity contribution in [2.24, 2.45) is 0 Å². The van der Waals surface area contributed by atoms with Gasteiger partial charge in [0.05, 0.1) is 5.52 Å². The van der Waals surface area contributed by atoms with E-state index in [4.69, 9.17) is 11.6 Å². The predicted octanol–water partition coefficient (Wildman–Crippen LogP) is 5.28. The zero-order valence-electron chi connectivity index (χ0n) is 10.4. The van der Waals surface area contributed by atoms with Crippen LogP contribution in [-0.2, 0) is 0 Å². The molecule has 0 unspecified atom stereocenters. The van der Waals surface area contributed by atoms with Gasteiger partial charge in [-0.25, -0.2) is 0 Å². The zero-order valence-corrected chi connectivity index (χ0v) is 12.0. The summed E-state index contributed by atoms with van der Waals surface area (Å²) in [6, 6.07) is 16.3. The van der Waals surface area contributed by atoms with Crippen LogP contribution in [0.15, 0.2) is 59.6 Å². The summed E-state index contributed by atoms with van der Waals surface area (Å²) >= 11 is 7.69. The van der Waals surface area contributed by atoms with Gasteiger partial charge in [-0.05, 0) is 47.7 Å². The minimum absolute atomic E-state index is 0.761. The Balaban J connectivity index is 2.23. The summed E-state index contributed by atoms with van der Waals surface area (Å²) in [5, 5.41) is 1.92. The maximum Gasteiger partial charge on any atom is 0.0713 e. The SMILES string of the molecule is CSc1cc2ncccc2cc1-c1ccc(Cl)cc1. The third-order valence-corrected chi connectivity index (χ3v) is 4.11. The van der Waals surface area contributed by atoms with Crippen LogP contribution in [0.3, 0.4) is 0 Å². The molecule has 3 rings (SSSR count). The van der Waals surface area contributed by atoms with Crippen molar-refractivity contribution < 1.29 is 0 Å². The van der Waals surface area contributed by atoms with Gasteiger partial charge in [0, 0.05) is 21.5 Å². The molecular formula is C16H12ClNS. The second-order valence-electron chi connectivity index (χ2n) is 4.26. The Morgan fingerprint density at radius 2 is 1.84 bits per heavy atom. The molecule has 0 aliphatic carbocycles. The van der Waals surface area contributed by atoms with Gasteiger partial charge in [0.15, 0.2) is 0 Å². The Morgan fingerprint density at radius 1 is 1.05 bits per heavy atom. The van der Waals surface area contributed by atoms with Crippen molar-refractivity contribution in [1.29, 1.82) is 0 Å². The van der Waals surface area contributed by atoms with Crippen LogP contribution in [0, 0.1) is 0 Å². The van der Waals surface area contributed by atoms with E-state index in [0.29, 0.717) is 0 Å². The molecule has 19 heavy (non-hydrogen) atoms. The molecule has 0 fully saturated rings. The Hall–Kier alpha value is -1.51. The maximum atomic E-state index is 5.95. The molecule has 0 saturated heterocycles. The molecule has 0 aliphatic heterocycles. The van der Waals surface area contributed by atoms with E-state index < -0.39 is 0 Å². The molecule has 2 aromatic carbocycles. The number of hydrogen-bond donors (Lipinski definition) is 0. The number of fused-ring (bicyclic) bond motifs is 1. The van der Waals surface area contributed by atoms with E-state index >= 15 is 0 Å². The third kappa shape index (κ3) is 2.46. The first-order valence-corrected chi connectivity index (χ1v) is 7.57. The van der Waals surface area contributed by atoms with Crippen molar-refractivity contribution in [2.75, 3.05) is 6.26 Å². The van der Waals surface area contributed by atoms with Crippen molar-refractivity contribution in [3.05, 3.63) is 59.8 Å². The lowest BCUT2D eigenvalue weighted by atomic mass is 10.0. The fourth-order valence-electron chi connectivity index (χ4n) is 2.13. The number of thioether (sulfide) groups is 1. The molecular weight excluding hydrogens is 274 g/mol. The van der Waals surface area contributed by atoms with Gasteiger partial charge in [-0.15, -0.1) is 11.8 Å². The van der Waals surface area contributed by atoms with Gasteiger partial charge in [0.25, 0.3) is 0 Å². The number of aromatic nitrogens is 1. The first-order valence-electron chi connectivity index (χ1n) is 5.96. The second-order valence-corrected chi connectivity index (χ2v) is 5.54. The van der Waals surface area contributed by atoms with E-state index in [0.717, 1.165) is 15.9 Å². The summed E-state index contributed by atoms with van der Waals surface area (Å²) in [5.74, 6) is 0. The van der Waals surface area contributed by atoms with Gasteiger partial charge in [-0.2, -0.15) is 0 Å². The Labute approximate surface area is 121 Å². The van der Waals surface area contributed by atoms with Crippen molar-refractivity contribution in [2.45, 2.75) is 4.90 Å². The van der Waals surface area contributed by atoms with Gasteiger partial charge >= 0.3 is 0 Å². The summed E-state index contributed by atoms with van der Waals surface area (Å²) in [5.41, 5.74) is 3.44. The molecule has 0 spiro atoms. The number of pyridine rings is 1. The van der Waals surface area contributed by atoms with E-state index in [1.807, 2.05) is 24.4 Å². The molecule has 3 heteroatoms. The van der Waals surface area contributed by atoms with Crippen LogP contribution in [0.5, 0.6) is 0 Å². The van der Waals surface area contributed by atoms with E-state index in [9.17, 15) is 0 Å². The van der Waals surface area contributed by atoms with Gasteiger partial charge in [-0.1, -0.05) is 29.8 Å². The van der Waals surface area contributed by atoms with Crippen LogP contribution in [0.1, 0.15) is 0 Å². The standard InChI is InChI=1S/C16H12ClNS/c1-19-16-10-15-12(3-2-8-18-15)9-14(16)11-4-6-13(17)7-5-11/h2-10H,1H3. The summed E-state index contributed by atoms with van der Waals surface area (Å²) in [6.07, 6.45) is 3.91. The molecule has 0 atom stereocenters. The van der Waals surface area contributed by atoms with E-state index in [2.05, 4.69) is 41.6 Å². The Kier molecular flexibility index (Phi) is 3.45. The average molecular weight is 286 g/mol. The normalized spacial score (nSPS) is 10.8. The van der Waals surface area contributed by atoms with Gasteiger partial charge in [0.1, 0.15) is 0 Å². The average Bonchev–Trinajstić information content (AvgIpc) is 2.46. The highest BCUT2D eigenvalue weighted by atomic mass is 35.5.